The van der Waals surface area contributed by atoms with E-state index in [0.717, 1.165) is 5.56 Å². The summed E-state index contributed by atoms with van der Waals surface area (Å²) in [5.41, 5.74) is 6.37. The average Bonchev–Trinajstić information content (AvgIpc) is 2.54. The molecule has 0 saturated carbocycles. The van der Waals surface area contributed by atoms with E-state index in [2.05, 4.69) is 0 Å². The van der Waals surface area contributed by atoms with Crippen LogP contribution in [0.1, 0.15) is 35.7 Å². The van der Waals surface area contributed by atoms with Crippen LogP contribution in [-0.4, -0.2) is 42.3 Å². The zero-order valence-electron chi connectivity index (χ0n) is 12.7. The molecular weight excluding hydrogens is 282 g/mol. The van der Waals surface area contributed by atoms with Crippen LogP contribution < -0.4 is 5.73 Å². The van der Waals surface area contributed by atoms with Crippen molar-refractivity contribution in [3.8, 4) is 0 Å². The highest BCUT2D eigenvalue weighted by atomic mass is 16.5. The predicted molar refractivity (Wildman–Crippen MR) is 82.7 cm³/mol. The van der Waals surface area contributed by atoms with E-state index in [9.17, 15) is 9.59 Å². The van der Waals surface area contributed by atoms with Crippen molar-refractivity contribution in [2.45, 2.75) is 19.8 Å². The fourth-order valence-corrected chi connectivity index (χ4v) is 2.57. The molecule has 0 radical (unpaired) electrons. The minimum Gasteiger partial charge on any atom is -0.466 e. The number of amidine groups is 1. The lowest BCUT2D eigenvalue weighted by molar-refractivity contribution is -0.149. The van der Waals surface area contributed by atoms with Gasteiger partial charge in [0.15, 0.2) is 0 Å². The Morgan fingerprint density at radius 1 is 1.23 bits per heavy atom. The normalized spacial score (nSPS) is 15.4. The Labute approximate surface area is 129 Å². The van der Waals surface area contributed by atoms with Gasteiger partial charge in [-0.05, 0) is 31.9 Å². The molecule has 1 aromatic carbocycles. The lowest BCUT2D eigenvalue weighted by atomic mass is 9.96. The Kier molecular flexibility index (Phi) is 5.14. The molecule has 0 atom stereocenters. The van der Waals surface area contributed by atoms with Gasteiger partial charge in [0.05, 0.1) is 12.5 Å². The summed E-state index contributed by atoms with van der Waals surface area (Å²) in [6, 6.07) is 6.69. The molecule has 0 bridgehead atoms. The standard InChI is InChI=1S/C16H21N3O3/c1-2-22-16(21)13-7-9-19(10-8-13)14(17)11-3-5-12(6-4-11)15(18)20/h3-6,13,17H,2,7-10H2,1H3,(H2,18,20). The molecule has 1 aliphatic heterocycles. The molecule has 22 heavy (non-hydrogen) atoms. The molecule has 118 valence electrons. The second-order valence-corrected chi connectivity index (χ2v) is 5.30. The molecule has 0 spiro atoms. The lowest BCUT2D eigenvalue weighted by Gasteiger charge is -2.32. The number of ether oxygens (including phenoxy) is 1. The zero-order chi connectivity index (χ0) is 16.1. The quantitative estimate of drug-likeness (QED) is 0.499. The van der Waals surface area contributed by atoms with E-state index in [1.54, 1.807) is 31.2 Å². The van der Waals surface area contributed by atoms with Crippen molar-refractivity contribution < 1.29 is 14.3 Å². The highest BCUT2D eigenvalue weighted by Crippen LogP contribution is 2.20. The third-order valence-corrected chi connectivity index (χ3v) is 3.87. The van der Waals surface area contributed by atoms with Gasteiger partial charge in [-0.1, -0.05) is 12.1 Å². The summed E-state index contributed by atoms with van der Waals surface area (Å²) in [6.07, 6.45) is 1.39. The smallest absolute Gasteiger partial charge is 0.309 e. The Hall–Kier alpha value is -2.37. The van der Waals surface area contributed by atoms with Crippen LogP contribution in [0.5, 0.6) is 0 Å². The molecule has 1 amide bonds. The number of likely N-dealkylation sites (tertiary alicyclic amines) is 1. The van der Waals surface area contributed by atoms with Gasteiger partial charge in [-0.3, -0.25) is 15.0 Å². The van der Waals surface area contributed by atoms with E-state index in [1.165, 1.54) is 0 Å². The molecular formula is C16H21N3O3. The molecule has 0 aromatic heterocycles. The molecule has 1 saturated heterocycles. The number of nitrogens with zero attached hydrogens (tertiary/aromatic N) is 1. The molecule has 6 heteroatoms. The van der Waals surface area contributed by atoms with Gasteiger partial charge in [-0.25, -0.2) is 0 Å². The molecule has 2 rings (SSSR count). The fourth-order valence-electron chi connectivity index (χ4n) is 2.57. The minimum absolute atomic E-state index is 0.0683. The summed E-state index contributed by atoms with van der Waals surface area (Å²) in [5, 5.41) is 8.25. The monoisotopic (exact) mass is 303 g/mol. The van der Waals surface area contributed by atoms with Gasteiger partial charge >= 0.3 is 5.97 Å². The number of carbonyl (C=O) groups excluding carboxylic acids is 2. The number of piperidine rings is 1. The second-order valence-electron chi connectivity index (χ2n) is 5.30. The third-order valence-electron chi connectivity index (χ3n) is 3.87. The average molecular weight is 303 g/mol. The van der Waals surface area contributed by atoms with Crippen molar-refractivity contribution in [1.29, 1.82) is 5.41 Å². The number of esters is 1. The highest BCUT2D eigenvalue weighted by Gasteiger charge is 2.27. The maximum Gasteiger partial charge on any atom is 0.309 e. The number of primary amides is 1. The number of benzene rings is 1. The van der Waals surface area contributed by atoms with Gasteiger partial charge in [-0.2, -0.15) is 0 Å². The van der Waals surface area contributed by atoms with E-state index in [0.29, 0.717) is 43.9 Å². The first kappa shape index (κ1) is 16.0. The SMILES string of the molecule is CCOC(=O)C1CCN(C(=N)c2ccc(C(N)=O)cc2)CC1. The topological polar surface area (TPSA) is 96.5 Å². The van der Waals surface area contributed by atoms with Crippen LogP contribution in [-0.2, 0) is 9.53 Å². The number of hydrogen-bond acceptors (Lipinski definition) is 4. The summed E-state index contributed by atoms with van der Waals surface area (Å²) in [7, 11) is 0. The Morgan fingerprint density at radius 2 is 1.77 bits per heavy atom. The molecule has 1 fully saturated rings. The number of hydrogen-bond donors (Lipinski definition) is 2. The minimum atomic E-state index is -0.478. The maximum atomic E-state index is 11.7. The first-order valence-electron chi connectivity index (χ1n) is 7.43. The summed E-state index contributed by atoms with van der Waals surface area (Å²) in [6.45, 7) is 3.51. The number of nitrogens with two attached hydrogens (primary N) is 1. The Balaban J connectivity index is 1.94. The first-order chi connectivity index (χ1) is 10.5. The summed E-state index contributed by atoms with van der Waals surface area (Å²) >= 11 is 0. The first-order valence-corrected chi connectivity index (χ1v) is 7.43. The van der Waals surface area contributed by atoms with Crippen molar-refractivity contribution in [3.05, 3.63) is 35.4 Å². The van der Waals surface area contributed by atoms with Crippen LogP contribution in [0.3, 0.4) is 0 Å². The fraction of sp³-hybridized carbons (Fsp3) is 0.438. The van der Waals surface area contributed by atoms with E-state index in [-0.39, 0.29) is 11.9 Å². The van der Waals surface area contributed by atoms with Crippen LogP contribution >= 0.6 is 0 Å². The van der Waals surface area contributed by atoms with Crippen LogP contribution in [0.4, 0.5) is 0 Å². The molecule has 0 unspecified atom stereocenters. The highest BCUT2D eigenvalue weighted by molar-refractivity contribution is 5.98. The largest absolute Gasteiger partial charge is 0.466 e. The number of nitrogens with one attached hydrogen (secondary N) is 1. The van der Waals surface area contributed by atoms with Crippen molar-refractivity contribution in [2.24, 2.45) is 11.7 Å². The maximum absolute atomic E-state index is 11.7. The van der Waals surface area contributed by atoms with Gasteiger partial charge in [0.1, 0.15) is 5.84 Å². The predicted octanol–water partition coefficient (Wildman–Crippen LogP) is 1.39. The molecule has 1 heterocycles. The second kappa shape index (κ2) is 7.06. The van der Waals surface area contributed by atoms with Crippen molar-refractivity contribution >= 4 is 17.7 Å². The van der Waals surface area contributed by atoms with Gasteiger partial charge in [-0.15, -0.1) is 0 Å². The summed E-state index contributed by atoms with van der Waals surface area (Å²) in [5.74, 6) is -0.285. The number of rotatable bonds is 4. The summed E-state index contributed by atoms with van der Waals surface area (Å²) in [4.78, 5) is 24.7. The van der Waals surface area contributed by atoms with E-state index in [1.807, 2.05) is 4.90 Å². The van der Waals surface area contributed by atoms with E-state index >= 15 is 0 Å². The zero-order valence-corrected chi connectivity index (χ0v) is 12.7. The molecule has 6 nitrogen and oxygen atoms in total. The lowest BCUT2D eigenvalue weighted by Crippen LogP contribution is -2.40. The molecule has 1 aliphatic rings. The molecule has 1 aromatic rings. The Morgan fingerprint density at radius 3 is 2.27 bits per heavy atom. The van der Waals surface area contributed by atoms with Crippen LogP contribution in [0, 0.1) is 11.3 Å². The van der Waals surface area contributed by atoms with E-state index < -0.39 is 5.91 Å². The molecule has 0 aliphatic carbocycles. The van der Waals surface area contributed by atoms with Crippen molar-refractivity contribution in [1.82, 2.24) is 4.90 Å². The van der Waals surface area contributed by atoms with Gasteiger partial charge in [0.2, 0.25) is 5.91 Å². The number of carbonyl (C=O) groups is 2. The third kappa shape index (κ3) is 3.63. The van der Waals surface area contributed by atoms with Crippen LogP contribution in [0.15, 0.2) is 24.3 Å². The van der Waals surface area contributed by atoms with Crippen LogP contribution in [0.2, 0.25) is 0 Å². The molecule has 3 N–H and O–H groups in total. The number of amides is 1. The Bertz CT molecular complexity index is 561. The van der Waals surface area contributed by atoms with Gasteiger partial charge in [0.25, 0.3) is 0 Å². The van der Waals surface area contributed by atoms with Crippen molar-refractivity contribution in [3.63, 3.8) is 0 Å². The summed E-state index contributed by atoms with van der Waals surface area (Å²) < 4.78 is 5.04. The van der Waals surface area contributed by atoms with Gasteiger partial charge in [0, 0.05) is 24.2 Å². The van der Waals surface area contributed by atoms with E-state index in [4.69, 9.17) is 15.9 Å². The van der Waals surface area contributed by atoms with Crippen LogP contribution in [0.25, 0.3) is 0 Å². The van der Waals surface area contributed by atoms with Gasteiger partial charge < -0.3 is 15.4 Å². The van der Waals surface area contributed by atoms with Crippen molar-refractivity contribution in [2.75, 3.05) is 19.7 Å².